The summed E-state index contributed by atoms with van der Waals surface area (Å²) in [5.41, 5.74) is 9.78. The van der Waals surface area contributed by atoms with Crippen molar-refractivity contribution in [2.45, 2.75) is 12.5 Å². The molecule has 0 aromatic rings. The number of hydrogen-bond donors (Lipinski definition) is 2. The van der Waals surface area contributed by atoms with E-state index >= 15 is 0 Å². The molecule has 0 radical (unpaired) electrons. The second-order valence-electron chi connectivity index (χ2n) is 2.16. The van der Waals surface area contributed by atoms with Crippen LogP contribution in [-0.4, -0.2) is 25.0 Å². The van der Waals surface area contributed by atoms with Crippen molar-refractivity contribution in [3.8, 4) is 0 Å². The third-order valence-corrected chi connectivity index (χ3v) is 1.16. The fraction of sp³-hybridized carbons (Fsp3) is 0.429. The minimum Gasteiger partial charge on any atom is -0.369 e. The molecule has 0 heterocycles. The molecule has 2 amide bonds. The molecule has 5 nitrogen and oxygen atoms in total. The number of methoxy groups -OCH3 is 1. The standard InChI is InChI=1S/C7H12N2O3/c1-12-5(7(9)11)3-2-4-6(8)10/h2-3,5H,4H2,1H3,(H2,8,10)(H2,9,11). The number of nitrogens with two attached hydrogens (primary N) is 2. The van der Waals surface area contributed by atoms with Crippen LogP contribution in [0, 0.1) is 0 Å². The Morgan fingerprint density at radius 2 is 2.08 bits per heavy atom. The number of primary amides is 2. The van der Waals surface area contributed by atoms with Crippen LogP contribution in [0.3, 0.4) is 0 Å². The van der Waals surface area contributed by atoms with Gasteiger partial charge in [-0.05, 0) is 6.08 Å². The molecule has 0 saturated carbocycles. The van der Waals surface area contributed by atoms with Crippen LogP contribution < -0.4 is 11.5 Å². The zero-order chi connectivity index (χ0) is 9.56. The van der Waals surface area contributed by atoms with Gasteiger partial charge in [0, 0.05) is 13.5 Å². The van der Waals surface area contributed by atoms with Crippen LogP contribution in [0.2, 0.25) is 0 Å². The first-order valence-electron chi connectivity index (χ1n) is 3.35. The average Bonchev–Trinajstić information content (AvgIpc) is 1.96. The lowest BCUT2D eigenvalue weighted by Crippen LogP contribution is -2.28. The summed E-state index contributed by atoms with van der Waals surface area (Å²) in [7, 11) is 1.35. The minimum absolute atomic E-state index is 0.0765. The van der Waals surface area contributed by atoms with E-state index in [9.17, 15) is 9.59 Å². The van der Waals surface area contributed by atoms with Gasteiger partial charge in [-0.25, -0.2) is 0 Å². The van der Waals surface area contributed by atoms with Crippen LogP contribution in [0.25, 0.3) is 0 Å². The molecule has 12 heavy (non-hydrogen) atoms. The smallest absolute Gasteiger partial charge is 0.250 e. The second kappa shape index (κ2) is 5.31. The Bertz CT molecular complexity index is 201. The molecule has 0 bridgehead atoms. The quantitative estimate of drug-likeness (QED) is 0.516. The first kappa shape index (κ1) is 10.6. The summed E-state index contributed by atoms with van der Waals surface area (Å²) < 4.78 is 4.68. The number of ether oxygens (including phenoxy) is 1. The fourth-order valence-electron chi connectivity index (χ4n) is 0.597. The number of hydrogen-bond acceptors (Lipinski definition) is 3. The van der Waals surface area contributed by atoms with Gasteiger partial charge < -0.3 is 16.2 Å². The molecule has 4 N–H and O–H groups in total. The SMILES string of the molecule is COC(C=CCC(N)=O)C(N)=O. The molecule has 0 spiro atoms. The summed E-state index contributed by atoms with van der Waals surface area (Å²) in [6.45, 7) is 0. The Morgan fingerprint density at radius 3 is 2.42 bits per heavy atom. The van der Waals surface area contributed by atoms with Crippen molar-refractivity contribution in [3.05, 3.63) is 12.2 Å². The van der Waals surface area contributed by atoms with Crippen molar-refractivity contribution in [3.63, 3.8) is 0 Å². The summed E-state index contributed by atoms with van der Waals surface area (Å²) >= 11 is 0. The molecule has 0 rings (SSSR count). The highest BCUT2D eigenvalue weighted by Crippen LogP contribution is 1.92. The maximum atomic E-state index is 10.5. The third-order valence-electron chi connectivity index (χ3n) is 1.16. The van der Waals surface area contributed by atoms with E-state index in [1.54, 1.807) is 0 Å². The molecule has 0 aliphatic rings. The predicted molar refractivity (Wildman–Crippen MR) is 42.9 cm³/mol. The van der Waals surface area contributed by atoms with Crippen molar-refractivity contribution < 1.29 is 14.3 Å². The topological polar surface area (TPSA) is 95.4 Å². The van der Waals surface area contributed by atoms with Crippen LogP contribution in [0.15, 0.2) is 12.2 Å². The molecule has 0 aliphatic heterocycles. The van der Waals surface area contributed by atoms with Gasteiger partial charge in [0.15, 0.2) is 6.10 Å². The Hall–Kier alpha value is -1.36. The Morgan fingerprint density at radius 1 is 1.50 bits per heavy atom. The Labute approximate surface area is 70.4 Å². The van der Waals surface area contributed by atoms with Gasteiger partial charge in [-0.2, -0.15) is 0 Å². The van der Waals surface area contributed by atoms with E-state index in [0.717, 1.165) is 0 Å². The molecule has 0 aromatic heterocycles. The van der Waals surface area contributed by atoms with Gasteiger partial charge in [0.1, 0.15) is 0 Å². The van der Waals surface area contributed by atoms with Gasteiger partial charge in [-0.15, -0.1) is 0 Å². The van der Waals surface area contributed by atoms with Crippen molar-refractivity contribution in [2.24, 2.45) is 11.5 Å². The van der Waals surface area contributed by atoms with Gasteiger partial charge >= 0.3 is 0 Å². The number of carbonyl (C=O) groups excluding carboxylic acids is 2. The van der Waals surface area contributed by atoms with Crippen LogP contribution in [0.5, 0.6) is 0 Å². The lowest BCUT2D eigenvalue weighted by atomic mass is 10.2. The van der Waals surface area contributed by atoms with E-state index < -0.39 is 17.9 Å². The van der Waals surface area contributed by atoms with Gasteiger partial charge in [0.25, 0.3) is 5.91 Å². The average molecular weight is 172 g/mol. The molecule has 5 heteroatoms. The molecule has 0 aromatic carbocycles. The summed E-state index contributed by atoms with van der Waals surface area (Å²) in [4.78, 5) is 20.8. The highest BCUT2D eigenvalue weighted by Gasteiger charge is 2.08. The highest BCUT2D eigenvalue weighted by atomic mass is 16.5. The molecule has 1 unspecified atom stereocenters. The van der Waals surface area contributed by atoms with Gasteiger partial charge in [-0.1, -0.05) is 6.08 Å². The largest absolute Gasteiger partial charge is 0.369 e. The third kappa shape index (κ3) is 4.45. The molecule has 68 valence electrons. The minimum atomic E-state index is -0.788. The summed E-state index contributed by atoms with van der Waals surface area (Å²) in [5.74, 6) is -1.07. The zero-order valence-corrected chi connectivity index (χ0v) is 6.82. The van der Waals surface area contributed by atoms with Crippen LogP contribution in [0.1, 0.15) is 6.42 Å². The van der Waals surface area contributed by atoms with Crippen molar-refractivity contribution in [1.29, 1.82) is 0 Å². The van der Waals surface area contributed by atoms with E-state index in [4.69, 9.17) is 11.5 Å². The van der Waals surface area contributed by atoms with Crippen molar-refractivity contribution in [1.82, 2.24) is 0 Å². The molecule has 1 atom stereocenters. The molecule has 0 fully saturated rings. The normalized spacial score (nSPS) is 13.1. The number of carbonyl (C=O) groups is 2. The van der Waals surface area contributed by atoms with E-state index in [2.05, 4.69) is 4.74 Å². The number of amides is 2. The first-order valence-corrected chi connectivity index (χ1v) is 3.35. The van der Waals surface area contributed by atoms with Crippen molar-refractivity contribution >= 4 is 11.8 Å². The Balaban J connectivity index is 3.93. The van der Waals surface area contributed by atoms with E-state index in [1.165, 1.54) is 19.3 Å². The molecule has 0 saturated heterocycles. The maximum absolute atomic E-state index is 10.5. The monoisotopic (exact) mass is 172 g/mol. The molecular formula is C7H12N2O3. The van der Waals surface area contributed by atoms with E-state index in [0.29, 0.717) is 0 Å². The van der Waals surface area contributed by atoms with Crippen LogP contribution in [0.4, 0.5) is 0 Å². The molecular weight excluding hydrogens is 160 g/mol. The van der Waals surface area contributed by atoms with Crippen LogP contribution in [-0.2, 0) is 14.3 Å². The second-order valence-corrected chi connectivity index (χ2v) is 2.16. The molecule has 0 aliphatic carbocycles. The van der Waals surface area contributed by atoms with E-state index in [1.807, 2.05) is 0 Å². The lowest BCUT2D eigenvalue weighted by Gasteiger charge is -2.04. The maximum Gasteiger partial charge on any atom is 0.250 e. The van der Waals surface area contributed by atoms with Gasteiger partial charge in [0.05, 0.1) is 0 Å². The fourth-order valence-corrected chi connectivity index (χ4v) is 0.597. The summed E-state index contributed by atoms with van der Waals surface area (Å²) in [5, 5.41) is 0. The summed E-state index contributed by atoms with van der Waals surface area (Å²) in [6, 6.07) is 0. The number of rotatable bonds is 5. The lowest BCUT2D eigenvalue weighted by molar-refractivity contribution is -0.125. The predicted octanol–water partition coefficient (Wildman–Crippen LogP) is -1.08. The first-order chi connectivity index (χ1) is 5.57. The summed E-state index contributed by atoms with van der Waals surface area (Å²) in [6.07, 6.45) is 2.13. The van der Waals surface area contributed by atoms with Crippen molar-refractivity contribution in [2.75, 3.05) is 7.11 Å². The highest BCUT2D eigenvalue weighted by molar-refractivity contribution is 5.81. The zero-order valence-electron chi connectivity index (χ0n) is 6.82. The van der Waals surface area contributed by atoms with Gasteiger partial charge in [0.2, 0.25) is 5.91 Å². The van der Waals surface area contributed by atoms with Gasteiger partial charge in [-0.3, -0.25) is 9.59 Å². The van der Waals surface area contributed by atoms with E-state index in [-0.39, 0.29) is 6.42 Å². The Kier molecular flexibility index (Phi) is 4.71. The van der Waals surface area contributed by atoms with Crippen LogP contribution >= 0.6 is 0 Å².